The topological polar surface area (TPSA) is 79.4 Å². The van der Waals surface area contributed by atoms with E-state index < -0.39 is 21.7 Å². The number of nitrogens with one attached hydrogen (secondary N) is 1. The fourth-order valence-electron chi connectivity index (χ4n) is 2.62. The number of rotatable bonds is 8. The lowest BCUT2D eigenvalue weighted by atomic mass is 10.2. The van der Waals surface area contributed by atoms with Crippen molar-refractivity contribution in [1.29, 1.82) is 0 Å². The van der Waals surface area contributed by atoms with Gasteiger partial charge in [0.15, 0.2) is 5.13 Å². The monoisotopic (exact) mass is 431 g/mol. The minimum atomic E-state index is -3.74. The molecule has 0 aliphatic carbocycles. The van der Waals surface area contributed by atoms with E-state index in [1.807, 2.05) is 0 Å². The highest BCUT2D eigenvalue weighted by Gasteiger charge is 2.22. The first kappa shape index (κ1) is 20.8. The van der Waals surface area contributed by atoms with E-state index >= 15 is 0 Å². The molecule has 2 aromatic carbocycles. The van der Waals surface area contributed by atoms with Crippen molar-refractivity contribution < 1.29 is 17.6 Å². The van der Waals surface area contributed by atoms with Gasteiger partial charge in [-0.15, -0.1) is 13.2 Å². The molecular weight excluding hydrogens is 413 g/mol. The van der Waals surface area contributed by atoms with Gasteiger partial charge in [0.05, 0.1) is 9.60 Å². The molecule has 0 fully saturated rings. The average Bonchev–Trinajstić information content (AvgIpc) is 3.12. The van der Waals surface area contributed by atoms with Crippen LogP contribution in [-0.4, -0.2) is 36.7 Å². The zero-order chi connectivity index (χ0) is 21.0. The highest BCUT2D eigenvalue weighted by atomic mass is 32.2. The van der Waals surface area contributed by atoms with Crippen LogP contribution in [0.25, 0.3) is 10.2 Å². The zero-order valence-electron chi connectivity index (χ0n) is 15.3. The summed E-state index contributed by atoms with van der Waals surface area (Å²) in [7, 11) is -3.74. The van der Waals surface area contributed by atoms with Crippen LogP contribution in [0.2, 0.25) is 0 Å². The maximum Gasteiger partial charge on any atom is 0.257 e. The van der Waals surface area contributed by atoms with E-state index in [0.717, 1.165) is 11.3 Å². The number of amides is 1. The number of sulfonamides is 1. The molecule has 1 N–H and O–H groups in total. The number of hydrogen-bond acceptors (Lipinski definition) is 5. The van der Waals surface area contributed by atoms with Crippen LogP contribution in [0.15, 0.2) is 72.7 Å². The van der Waals surface area contributed by atoms with Gasteiger partial charge in [0.25, 0.3) is 5.91 Å². The molecule has 29 heavy (non-hydrogen) atoms. The van der Waals surface area contributed by atoms with Gasteiger partial charge in [-0.3, -0.25) is 10.1 Å². The Hall–Kier alpha value is -2.88. The van der Waals surface area contributed by atoms with Crippen LogP contribution in [0.4, 0.5) is 9.52 Å². The Balaban J connectivity index is 1.79. The fraction of sp³-hybridized carbons (Fsp3) is 0.100. The molecule has 3 aromatic rings. The van der Waals surface area contributed by atoms with E-state index in [1.165, 1.54) is 46.8 Å². The summed E-state index contributed by atoms with van der Waals surface area (Å²) in [6.07, 6.45) is 2.98. The first-order valence-electron chi connectivity index (χ1n) is 8.55. The Kier molecular flexibility index (Phi) is 6.21. The van der Waals surface area contributed by atoms with E-state index in [4.69, 9.17) is 0 Å². The third-order valence-electron chi connectivity index (χ3n) is 4.01. The summed E-state index contributed by atoms with van der Waals surface area (Å²) in [5.74, 6) is -0.931. The molecule has 6 nitrogen and oxygen atoms in total. The number of nitrogens with zero attached hydrogens (tertiary/aromatic N) is 2. The molecule has 1 amide bonds. The molecule has 1 aromatic heterocycles. The molecule has 3 rings (SSSR count). The molecular formula is C20H18FN3O3S2. The largest absolute Gasteiger partial charge is 0.298 e. The highest BCUT2D eigenvalue weighted by molar-refractivity contribution is 7.89. The Morgan fingerprint density at radius 1 is 1.14 bits per heavy atom. The number of hydrogen-bond donors (Lipinski definition) is 1. The fourth-order valence-corrected chi connectivity index (χ4v) is 4.88. The van der Waals surface area contributed by atoms with Gasteiger partial charge < -0.3 is 0 Å². The number of carbonyl (C=O) groups is 1. The lowest BCUT2D eigenvalue weighted by Crippen LogP contribution is -2.31. The Morgan fingerprint density at radius 2 is 1.79 bits per heavy atom. The second-order valence-electron chi connectivity index (χ2n) is 5.98. The van der Waals surface area contributed by atoms with Crippen molar-refractivity contribution in [2.24, 2.45) is 0 Å². The number of anilines is 1. The van der Waals surface area contributed by atoms with Crippen LogP contribution in [0, 0.1) is 5.82 Å². The van der Waals surface area contributed by atoms with Crippen molar-refractivity contribution in [3.05, 3.63) is 79.2 Å². The Labute approximate surface area is 172 Å². The summed E-state index contributed by atoms with van der Waals surface area (Å²) < 4.78 is 41.0. The minimum absolute atomic E-state index is 0.0554. The van der Waals surface area contributed by atoms with Gasteiger partial charge in [0, 0.05) is 18.7 Å². The van der Waals surface area contributed by atoms with Crippen molar-refractivity contribution in [2.45, 2.75) is 4.90 Å². The standard InChI is InChI=1S/C20H18FN3O3S2/c1-3-12-24(13-4-2)29(26,27)15-10-8-14(9-11-15)19(25)23-20-22-18-16(21)6-5-7-17(18)28-20/h3-11H,1-2,12-13H2,(H,22,23,25). The van der Waals surface area contributed by atoms with Crippen LogP contribution in [0.3, 0.4) is 0 Å². The Morgan fingerprint density at radius 3 is 2.38 bits per heavy atom. The second-order valence-corrected chi connectivity index (χ2v) is 8.95. The number of carbonyl (C=O) groups excluding carboxylic acids is 1. The third-order valence-corrected chi connectivity index (χ3v) is 6.79. The second kappa shape index (κ2) is 8.64. The third kappa shape index (κ3) is 4.42. The molecule has 0 aliphatic rings. The SMILES string of the molecule is C=CCN(CC=C)S(=O)(=O)c1ccc(C(=O)Nc2nc3c(F)cccc3s2)cc1. The van der Waals surface area contributed by atoms with E-state index in [0.29, 0.717) is 4.70 Å². The smallest absolute Gasteiger partial charge is 0.257 e. The van der Waals surface area contributed by atoms with Crippen LogP contribution < -0.4 is 5.32 Å². The summed E-state index contributed by atoms with van der Waals surface area (Å²) in [5, 5.41) is 2.87. The molecule has 0 atom stereocenters. The first-order valence-corrected chi connectivity index (χ1v) is 10.8. The zero-order valence-corrected chi connectivity index (χ0v) is 17.0. The average molecular weight is 432 g/mol. The van der Waals surface area contributed by atoms with Gasteiger partial charge in [-0.1, -0.05) is 29.6 Å². The van der Waals surface area contributed by atoms with Gasteiger partial charge in [-0.25, -0.2) is 17.8 Å². The van der Waals surface area contributed by atoms with Crippen LogP contribution in [0.5, 0.6) is 0 Å². The van der Waals surface area contributed by atoms with Crippen molar-refractivity contribution in [3.63, 3.8) is 0 Å². The summed E-state index contributed by atoms with van der Waals surface area (Å²) in [4.78, 5) is 16.6. The summed E-state index contributed by atoms with van der Waals surface area (Å²) in [5.41, 5.74) is 0.446. The molecule has 1 heterocycles. The normalized spacial score (nSPS) is 11.5. The number of benzene rings is 2. The molecule has 0 saturated heterocycles. The van der Waals surface area contributed by atoms with Crippen LogP contribution in [0.1, 0.15) is 10.4 Å². The van der Waals surface area contributed by atoms with Gasteiger partial charge in [-0.05, 0) is 36.4 Å². The van der Waals surface area contributed by atoms with Gasteiger partial charge in [-0.2, -0.15) is 4.31 Å². The van der Waals surface area contributed by atoms with E-state index in [1.54, 1.807) is 12.1 Å². The number of thiazole rings is 1. The number of halogens is 1. The Bertz CT molecular complexity index is 1160. The van der Waals surface area contributed by atoms with E-state index in [9.17, 15) is 17.6 Å². The van der Waals surface area contributed by atoms with Gasteiger partial charge >= 0.3 is 0 Å². The number of aromatic nitrogens is 1. The highest BCUT2D eigenvalue weighted by Crippen LogP contribution is 2.28. The summed E-state index contributed by atoms with van der Waals surface area (Å²) in [6, 6.07) is 10.1. The van der Waals surface area contributed by atoms with Crippen molar-refractivity contribution in [2.75, 3.05) is 18.4 Å². The van der Waals surface area contributed by atoms with Crippen molar-refractivity contribution in [1.82, 2.24) is 9.29 Å². The summed E-state index contributed by atoms with van der Waals surface area (Å²) >= 11 is 1.15. The molecule has 0 saturated carbocycles. The lowest BCUT2D eigenvalue weighted by Gasteiger charge is -2.19. The van der Waals surface area contributed by atoms with Crippen LogP contribution >= 0.6 is 11.3 Å². The maximum atomic E-state index is 13.7. The van der Waals surface area contributed by atoms with Crippen molar-refractivity contribution >= 4 is 42.6 Å². The summed E-state index contributed by atoms with van der Waals surface area (Å²) in [6.45, 7) is 7.42. The molecule has 9 heteroatoms. The lowest BCUT2D eigenvalue weighted by molar-refractivity contribution is 0.102. The van der Waals surface area contributed by atoms with Crippen molar-refractivity contribution in [3.8, 4) is 0 Å². The molecule has 150 valence electrons. The van der Waals surface area contributed by atoms with Gasteiger partial charge in [0.1, 0.15) is 11.3 Å². The molecule has 0 aliphatic heterocycles. The number of fused-ring (bicyclic) bond motifs is 1. The van der Waals surface area contributed by atoms with E-state index in [-0.39, 0.29) is 34.2 Å². The number of para-hydroxylation sites is 1. The predicted octanol–water partition coefficient (Wildman–Crippen LogP) is 4.05. The minimum Gasteiger partial charge on any atom is -0.298 e. The molecule has 0 unspecified atom stereocenters. The van der Waals surface area contributed by atoms with Gasteiger partial charge in [0.2, 0.25) is 10.0 Å². The molecule has 0 spiro atoms. The van der Waals surface area contributed by atoms with E-state index in [2.05, 4.69) is 23.5 Å². The predicted molar refractivity (Wildman–Crippen MR) is 113 cm³/mol. The van der Waals surface area contributed by atoms with Crippen LogP contribution in [-0.2, 0) is 10.0 Å². The molecule has 0 bridgehead atoms. The molecule has 0 radical (unpaired) electrons. The quantitative estimate of drug-likeness (QED) is 0.546. The maximum absolute atomic E-state index is 13.7. The first-order chi connectivity index (χ1) is 13.9.